The molecule has 1 atom stereocenters. The quantitative estimate of drug-likeness (QED) is 0.839. The number of nitrogens with zero attached hydrogens (tertiary/aromatic N) is 4. The van der Waals surface area contributed by atoms with E-state index in [4.69, 9.17) is 9.26 Å². The van der Waals surface area contributed by atoms with Gasteiger partial charge in [0.05, 0.1) is 6.61 Å². The number of rotatable bonds is 5. The Morgan fingerprint density at radius 2 is 2.12 bits per heavy atom. The molecule has 0 radical (unpaired) electrons. The van der Waals surface area contributed by atoms with Gasteiger partial charge in [-0.05, 0) is 26.2 Å². The average molecular weight is 365 g/mol. The highest BCUT2D eigenvalue weighted by molar-refractivity contribution is 5.79. The van der Waals surface area contributed by atoms with Crippen LogP contribution in [0.1, 0.15) is 50.4 Å². The van der Waals surface area contributed by atoms with Crippen molar-refractivity contribution in [2.45, 2.75) is 50.6 Å². The van der Waals surface area contributed by atoms with Gasteiger partial charge in [0.15, 0.2) is 5.82 Å². The minimum absolute atomic E-state index is 0.0672. The van der Waals surface area contributed by atoms with Crippen molar-refractivity contribution in [2.75, 3.05) is 33.9 Å². The van der Waals surface area contributed by atoms with Crippen LogP contribution in [0.2, 0.25) is 0 Å². The molecule has 144 valence electrons. The number of methoxy groups -OCH3 is 1. The van der Waals surface area contributed by atoms with Crippen LogP contribution in [-0.2, 0) is 16.0 Å². The number of carbonyl (C=O) groups excluding carboxylic acids is 2. The van der Waals surface area contributed by atoms with Crippen molar-refractivity contribution in [3.05, 3.63) is 11.7 Å². The van der Waals surface area contributed by atoms with Gasteiger partial charge in [0, 0.05) is 45.6 Å². The fraction of sp³-hybridized carbons (Fsp3) is 0.765. The van der Waals surface area contributed by atoms with E-state index in [1.807, 2.05) is 18.9 Å². The monoisotopic (exact) mass is 365 g/mol. The molecule has 1 aromatic heterocycles. The summed E-state index contributed by atoms with van der Waals surface area (Å²) in [5, 5.41) is 6.80. The van der Waals surface area contributed by atoms with Crippen molar-refractivity contribution in [1.82, 2.24) is 25.3 Å². The van der Waals surface area contributed by atoms with Gasteiger partial charge < -0.3 is 24.4 Å². The van der Waals surface area contributed by atoms with Crippen molar-refractivity contribution in [3.63, 3.8) is 0 Å². The first-order valence-electron chi connectivity index (χ1n) is 9.09. The van der Waals surface area contributed by atoms with E-state index < -0.39 is 0 Å². The van der Waals surface area contributed by atoms with Crippen molar-refractivity contribution in [2.24, 2.45) is 0 Å². The number of piperidine rings is 1. The molecule has 0 unspecified atom stereocenters. The third-order valence-electron chi connectivity index (χ3n) is 5.60. The Balaban J connectivity index is 1.51. The lowest BCUT2D eigenvalue weighted by molar-refractivity contribution is -0.130. The number of likely N-dealkylation sites (tertiary alicyclic amines) is 2. The first kappa shape index (κ1) is 18.6. The summed E-state index contributed by atoms with van der Waals surface area (Å²) in [7, 11) is 3.50. The van der Waals surface area contributed by atoms with Gasteiger partial charge in [-0.2, -0.15) is 4.98 Å². The molecule has 3 amide bonds. The number of amides is 3. The van der Waals surface area contributed by atoms with E-state index in [0.29, 0.717) is 44.3 Å². The predicted molar refractivity (Wildman–Crippen MR) is 92.4 cm³/mol. The molecule has 1 spiro atoms. The molecular formula is C17H27N5O4. The second-order valence-corrected chi connectivity index (χ2v) is 7.13. The number of hydrogen-bond acceptors (Lipinski definition) is 6. The summed E-state index contributed by atoms with van der Waals surface area (Å²) in [6.07, 6.45) is 3.71. The van der Waals surface area contributed by atoms with Crippen LogP contribution in [0, 0.1) is 0 Å². The Bertz CT molecular complexity index is 653. The van der Waals surface area contributed by atoms with Crippen LogP contribution in [0.3, 0.4) is 0 Å². The van der Waals surface area contributed by atoms with Crippen molar-refractivity contribution >= 4 is 11.9 Å². The van der Waals surface area contributed by atoms with Gasteiger partial charge in [-0.15, -0.1) is 0 Å². The number of carbonyl (C=O) groups is 2. The van der Waals surface area contributed by atoms with Gasteiger partial charge in [-0.1, -0.05) is 5.16 Å². The van der Waals surface area contributed by atoms with E-state index in [9.17, 15) is 9.59 Å². The predicted octanol–water partition coefficient (Wildman–Crippen LogP) is 1.12. The summed E-state index contributed by atoms with van der Waals surface area (Å²) >= 11 is 0. The molecule has 1 aromatic rings. The Hall–Kier alpha value is -2.16. The van der Waals surface area contributed by atoms with Crippen LogP contribution in [-0.4, -0.2) is 71.3 Å². The van der Waals surface area contributed by atoms with Gasteiger partial charge >= 0.3 is 6.03 Å². The highest BCUT2D eigenvalue weighted by atomic mass is 16.5. The molecular weight excluding hydrogens is 338 g/mol. The van der Waals surface area contributed by atoms with E-state index in [2.05, 4.69) is 15.5 Å². The molecule has 0 aromatic carbocycles. The van der Waals surface area contributed by atoms with Crippen LogP contribution in [0.25, 0.3) is 0 Å². The standard InChI is InChI=1S/C17H27N5O4/c1-12(15-19-13(20-26-15)5-11-25-3)18-16(24)22-9-7-17(8-10-22)6-4-14(23)21(17)2/h12H,4-11H2,1-3H3,(H,18,24)/t12-/m0/s1. The average Bonchev–Trinajstić information content (AvgIpc) is 3.22. The molecule has 0 aliphatic carbocycles. The number of urea groups is 1. The molecule has 0 bridgehead atoms. The van der Waals surface area contributed by atoms with Crippen LogP contribution in [0.5, 0.6) is 0 Å². The van der Waals surface area contributed by atoms with Crippen molar-refractivity contribution < 1.29 is 18.8 Å². The molecule has 9 heteroatoms. The Kier molecular flexibility index (Phi) is 5.45. The van der Waals surface area contributed by atoms with Gasteiger partial charge in [0.25, 0.3) is 0 Å². The lowest BCUT2D eigenvalue weighted by Gasteiger charge is -2.43. The van der Waals surface area contributed by atoms with Gasteiger partial charge in [0.1, 0.15) is 6.04 Å². The van der Waals surface area contributed by atoms with E-state index in [1.165, 1.54) is 0 Å². The molecule has 0 saturated carbocycles. The van der Waals surface area contributed by atoms with Crippen LogP contribution in [0.4, 0.5) is 4.79 Å². The van der Waals surface area contributed by atoms with Crippen LogP contribution in [0.15, 0.2) is 4.52 Å². The molecule has 3 rings (SSSR count). The first-order chi connectivity index (χ1) is 12.4. The van der Waals surface area contributed by atoms with E-state index in [0.717, 1.165) is 19.3 Å². The molecule has 2 fully saturated rings. The number of nitrogens with one attached hydrogen (secondary N) is 1. The Labute approximate surface area is 153 Å². The Morgan fingerprint density at radius 3 is 2.73 bits per heavy atom. The normalized spacial score (nSPS) is 20.7. The maximum absolute atomic E-state index is 12.5. The molecule has 2 aliphatic rings. The molecule has 9 nitrogen and oxygen atoms in total. The summed E-state index contributed by atoms with van der Waals surface area (Å²) in [4.78, 5) is 32.3. The van der Waals surface area contributed by atoms with Crippen LogP contribution < -0.4 is 5.32 Å². The smallest absolute Gasteiger partial charge is 0.318 e. The lowest BCUT2D eigenvalue weighted by Crippen LogP contribution is -2.54. The molecule has 1 N–H and O–H groups in total. The Morgan fingerprint density at radius 1 is 1.38 bits per heavy atom. The number of aromatic nitrogens is 2. The van der Waals surface area contributed by atoms with Crippen LogP contribution >= 0.6 is 0 Å². The number of hydrogen-bond donors (Lipinski definition) is 1. The largest absolute Gasteiger partial charge is 0.384 e. The molecule has 2 saturated heterocycles. The number of ether oxygens (including phenoxy) is 1. The summed E-state index contributed by atoms with van der Waals surface area (Å²) in [5.41, 5.74) is -0.0672. The summed E-state index contributed by atoms with van der Waals surface area (Å²) in [5.74, 6) is 1.16. The second kappa shape index (κ2) is 7.61. The third kappa shape index (κ3) is 3.67. The summed E-state index contributed by atoms with van der Waals surface area (Å²) in [6.45, 7) is 3.62. The maximum Gasteiger partial charge on any atom is 0.318 e. The van der Waals surface area contributed by atoms with E-state index >= 15 is 0 Å². The zero-order valence-electron chi connectivity index (χ0n) is 15.7. The fourth-order valence-electron chi connectivity index (χ4n) is 3.73. The van der Waals surface area contributed by atoms with E-state index in [1.54, 1.807) is 12.0 Å². The van der Waals surface area contributed by atoms with Gasteiger partial charge in [-0.25, -0.2) is 4.79 Å². The topological polar surface area (TPSA) is 101 Å². The molecule has 3 heterocycles. The second-order valence-electron chi connectivity index (χ2n) is 7.13. The SMILES string of the molecule is COCCc1noc([C@H](C)NC(=O)N2CCC3(CCC(=O)N3C)CC2)n1. The van der Waals surface area contributed by atoms with Crippen molar-refractivity contribution in [1.29, 1.82) is 0 Å². The lowest BCUT2D eigenvalue weighted by atomic mass is 9.85. The zero-order chi connectivity index (χ0) is 18.7. The van der Waals surface area contributed by atoms with Gasteiger partial charge in [0.2, 0.25) is 11.8 Å². The van der Waals surface area contributed by atoms with Crippen molar-refractivity contribution in [3.8, 4) is 0 Å². The summed E-state index contributed by atoms with van der Waals surface area (Å²) < 4.78 is 10.2. The summed E-state index contributed by atoms with van der Waals surface area (Å²) in [6, 6.07) is -0.506. The molecule has 26 heavy (non-hydrogen) atoms. The third-order valence-corrected chi connectivity index (χ3v) is 5.60. The minimum Gasteiger partial charge on any atom is -0.384 e. The highest BCUT2D eigenvalue weighted by Gasteiger charge is 2.45. The minimum atomic E-state index is -0.363. The fourth-order valence-corrected chi connectivity index (χ4v) is 3.73. The van der Waals surface area contributed by atoms with E-state index in [-0.39, 0.29) is 23.5 Å². The maximum atomic E-state index is 12.5. The highest BCUT2D eigenvalue weighted by Crippen LogP contribution is 2.37. The zero-order valence-corrected chi connectivity index (χ0v) is 15.7. The first-order valence-corrected chi connectivity index (χ1v) is 9.09. The molecule has 2 aliphatic heterocycles. The van der Waals surface area contributed by atoms with Gasteiger partial charge in [-0.3, -0.25) is 4.79 Å².